The standard InChI is InChI=1S/C16H23ClFN/c1-2-12-4-3-8-16(19,9-7-12)11-13-5-6-15(18)14(17)10-13/h5-6,10,12H,2-4,7-9,11,19H2,1H3. The molecule has 3 heteroatoms. The molecular formula is C16H23ClFN. The molecule has 2 unspecified atom stereocenters. The molecule has 1 aromatic carbocycles. The number of hydrogen-bond acceptors (Lipinski definition) is 1. The van der Waals surface area contributed by atoms with Gasteiger partial charge in [0.2, 0.25) is 0 Å². The highest BCUT2D eigenvalue weighted by molar-refractivity contribution is 6.30. The van der Waals surface area contributed by atoms with Gasteiger partial charge in [-0.3, -0.25) is 0 Å². The van der Waals surface area contributed by atoms with Crippen LogP contribution in [-0.4, -0.2) is 5.54 Å². The Bertz CT molecular complexity index is 435. The maximum Gasteiger partial charge on any atom is 0.141 e. The van der Waals surface area contributed by atoms with Gasteiger partial charge >= 0.3 is 0 Å². The second-order valence-electron chi connectivity index (χ2n) is 5.99. The van der Waals surface area contributed by atoms with Crippen molar-refractivity contribution < 1.29 is 4.39 Å². The van der Waals surface area contributed by atoms with Crippen molar-refractivity contribution in [3.05, 3.63) is 34.6 Å². The minimum Gasteiger partial charge on any atom is -0.325 e. The summed E-state index contributed by atoms with van der Waals surface area (Å²) in [6.45, 7) is 2.26. The van der Waals surface area contributed by atoms with E-state index in [1.807, 2.05) is 0 Å². The minimum absolute atomic E-state index is 0.148. The molecule has 0 bridgehead atoms. The van der Waals surface area contributed by atoms with E-state index in [1.165, 1.54) is 31.7 Å². The van der Waals surface area contributed by atoms with E-state index in [1.54, 1.807) is 12.1 Å². The molecule has 0 amide bonds. The third-order valence-corrected chi connectivity index (χ3v) is 4.74. The molecule has 2 N–H and O–H groups in total. The third kappa shape index (κ3) is 3.93. The maximum atomic E-state index is 13.2. The van der Waals surface area contributed by atoms with Crippen LogP contribution < -0.4 is 5.73 Å². The van der Waals surface area contributed by atoms with Gasteiger partial charge in [0.1, 0.15) is 5.82 Å². The van der Waals surface area contributed by atoms with Crippen LogP contribution in [0.5, 0.6) is 0 Å². The van der Waals surface area contributed by atoms with Crippen molar-refractivity contribution in [3.8, 4) is 0 Å². The van der Waals surface area contributed by atoms with Crippen molar-refractivity contribution in [3.63, 3.8) is 0 Å². The number of nitrogens with two attached hydrogens (primary N) is 1. The molecule has 1 fully saturated rings. The van der Waals surface area contributed by atoms with E-state index in [4.69, 9.17) is 17.3 Å². The van der Waals surface area contributed by atoms with E-state index in [0.717, 1.165) is 30.7 Å². The highest BCUT2D eigenvalue weighted by Crippen LogP contribution is 2.33. The Morgan fingerprint density at radius 3 is 2.84 bits per heavy atom. The molecular weight excluding hydrogens is 261 g/mol. The predicted molar refractivity (Wildman–Crippen MR) is 78.9 cm³/mol. The summed E-state index contributed by atoms with van der Waals surface area (Å²) in [6.07, 6.45) is 7.85. The average Bonchev–Trinajstić information content (AvgIpc) is 2.56. The van der Waals surface area contributed by atoms with E-state index in [-0.39, 0.29) is 16.4 Å². The van der Waals surface area contributed by atoms with Gasteiger partial charge in [-0.25, -0.2) is 4.39 Å². The van der Waals surface area contributed by atoms with Crippen LogP contribution in [0.25, 0.3) is 0 Å². The predicted octanol–water partition coefficient (Wildman–Crippen LogP) is 4.71. The minimum atomic E-state index is -0.358. The van der Waals surface area contributed by atoms with E-state index >= 15 is 0 Å². The Morgan fingerprint density at radius 1 is 1.37 bits per heavy atom. The smallest absolute Gasteiger partial charge is 0.141 e. The average molecular weight is 284 g/mol. The molecule has 0 aliphatic heterocycles. The van der Waals surface area contributed by atoms with Crippen LogP contribution in [0.3, 0.4) is 0 Å². The number of benzene rings is 1. The van der Waals surface area contributed by atoms with Crippen LogP contribution in [0, 0.1) is 11.7 Å². The lowest BCUT2D eigenvalue weighted by Crippen LogP contribution is -2.41. The van der Waals surface area contributed by atoms with Gasteiger partial charge in [-0.05, 0) is 49.3 Å². The first-order chi connectivity index (χ1) is 9.02. The van der Waals surface area contributed by atoms with E-state index in [2.05, 4.69) is 6.92 Å². The topological polar surface area (TPSA) is 26.0 Å². The van der Waals surface area contributed by atoms with Crippen molar-refractivity contribution in [1.29, 1.82) is 0 Å². The largest absolute Gasteiger partial charge is 0.325 e. The molecule has 1 saturated carbocycles. The number of hydrogen-bond donors (Lipinski definition) is 1. The first kappa shape index (κ1) is 14.8. The van der Waals surface area contributed by atoms with Crippen LogP contribution in [0.15, 0.2) is 18.2 Å². The van der Waals surface area contributed by atoms with E-state index in [0.29, 0.717) is 0 Å². The van der Waals surface area contributed by atoms with Crippen molar-refractivity contribution in [2.75, 3.05) is 0 Å². The summed E-state index contributed by atoms with van der Waals surface area (Å²) in [6, 6.07) is 4.96. The molecule has 2 atom stereocenters. The molecule has 0 aromatic heterocycles. The van der Waals surface area contributed by atoms with Crippen molar-refractivity contribution in [2.24, 2.45) is 11.7 Å². The lowest BCUT2D eigenvalue weighted by atomic mass is 9.84. The zero-order chi connectivity index (χ0) is 13.9. The number of halogens is 2. The molecule has 106 valence electrons. The summed E-state index contributed by atoms with van der Waals surface area (Å²) in [5.41, 5.74) is 7.46. The lowest BCUT2D eigenvalue weighted by Gasteiger charge is -2.28. The first-order valence-electron chi connectivity index (χ1n) is 7.25. The molecule has 0 saturated heterocycles. The van der Waals surface area contributed by atoms with Crippen molar-refractivity contribution in [1.82, 2.24) is 0 Å². The fourth-order valence-corrected chi connectivity index (χ4v) is 3.35. The van der Waals surface area contributed by atoms with Gasteiger partial charge in [-0.15, -0.1) is 0 Å². The molecule has 1 aliphatic rings. The van der Waals surface area contributed by atoms with E-state index in [9.17, 15) is 4.39 Å². The molecule has 1 aliphatic carbocycles. The second kappa shape index (κ2) is 6.23. The van der Waals surface area contributed by atoms with Crippen LogP contribution in [0.1, 0.15) is 51.0 Å². The fraction of sp³-hybridized carbons (Fsp3) is 0.625. The summed E-state index contributed by atoms with van der Waals surface area (Å²) in [7, 11) is 0. The Labute approximate surface area is 120 Å². The van der Waals surface area contributed by atoms with Crippen LogP contribution in [-0.2, 0) is 6.42 Å². The van der Waals surface area contributed by atoms with Crippen LogP contribution in [0.4, 0.5) is 4.39 Å². The molecule has 2 rings (SSSR count). The molecule has 1 aromatic rings. The monoisotopic (exact) mass is 283 g/mol. The van der Waals surface area contributed by atoms with Crippen molar-refractivity contribution >= 4 is 11.6 Å². The zero-order valence-electron chi connectivity index (χ0n) is 11.6. The van der Waals surface area contributed by atoms with Crippen LogP contribution >= 0.6 is 11.6 Å². The van der Waals surface area contributed by atoms with Gasteiger partial charge in [0.05, 0.1) is 5.02 Å². The van der Waals surface area contributed by atoms with Gasteiger partial charge in [-0.2, -0.15) is 0 Å². The van der Waals surface area contributed by atoms with Crippen molar-refractivity contribution in [2.45, 2.75) is 57.4 Å². The SMILES string of the molecule is CCC1CCCC(N)(Cc2ccc(F)c(Cl)c2)CC1. The van der Waals surface area contributed by atoms with Gasteiger partial charge in [0, 0.05) is 5.54 Å². The normalized spacial score (nSPS) is 28.1. The summed E-state index contributed by atoms with van der Waals surface area (Å²) < 4.78 is 13.2. The summed E-state index contributed by atoms with van der Waals surface area (Å²) in [5, 5.41) is 0.196. The molecule has 1 nitrogen and oxygen atoms in total. The van der Waals surface area contributed by atoms with Gasteiger partial charge < -0.3 is 5.73 Å². The summed E-state index contributed by atoms with van der Waals surface area (Å²) in [4.78, 5) is 0. The highest BCUT2D eigenvalue weighted by atomic mass is 35.5. The first-order valence-corrected chi connectivity index (χ1v) is 7.63. The quantitative estimate of drug-likeness (QED) is 0.799. The van der Waals surface area contributed by atoms with Gasteiger partial charge in [0.15, 0.2) is 0 Å². The number of rotatable bonds is 3. The second-order valence-corrected chi connectivity index (χ2v) is 6.40. The van der Waals surface area contributed by atoms with Crippen LogP contribution in [0.2, 0.25) is 5.02 Å². The Morgan fingerprint density at radius 2 is 2.16 bits per heavy atom. The molecule has 0 heterocycles. The van der Waals surface area contributed by atoms with Gasteiger partial charge in [-0.1, -0.05) is 43.9 Å². The summed E-state index contributed by atoms with van der Waals surface area (Å²) >= 11 is 5.84. The maximum absolute atomic E-state index is 13.2. The summed E-state index contributed by atoms with van der Waals surface area (Å²) in [5.74, 6) is 0.464. The lowest BCUT2D eigenvalue weighted by molar-refractivity contribution is 0.358. The fourth-order valence-electron chi connectivity index (χ4n) is 3.14. The third-order valence-electron chi connectivity index (χ3n) is 4.46. The van der Waals surface area contributed by atoms with Gasteiger partial charge in [0.25, 0.3) is 0 Å². The Hall–Kier alpha value is -0.600. The Kier molecular flexibility index (Phi) is 4.86. The van der Waals surface area contributed by atoms with E-state index < -0.39 is 0 Å². The molecule has 0 spiro atoms. The molecule has 0 radical (unpaired) electrons. The Balaban J connectivity index is 2.05. The molecule has 19 heavy (non-hydrogen) atoms. The zero-order valence-corrected chi connectivity index (χ0v) is 12.3. The highest BCUT2D eigenvalue weighted by Gasteiger charge is 2.29.